The fourth-order valence-corrected chi connectivity index (χ4v) is 3.32. The number of dihydropyridines is 1. The summed E-state index contributed by atoms with van der Waals surface area (Å²) in [6, 6.07) is 3.74. The molecule has 144 valence electrons. The maximum Gasteiger partial charge on any atom is 0.349 e. The highest BCUT2D eigenvalue weighted by atomic mass is 16.2. The first-order valence-corrected chi connectivity index (χ1v) is 9.02. The summed E-state index contributed by atoms with van der Waals surface area (Å²) in [5, 5.41) is 6.95. The van der Waals surface area contributed by atoms with Gasteiger partial charge in [0.25, 0.3) is 5.56 Å². The molecule has 7 nitrogen and oxygen atoms in total. The third-order valence-corrected chi connectivity index (χ3v) is 4.77. The highest BCUT2D eigenvalue weighted by Crippen LogP contribution is 2.26. The molecule has 0 unspecified atom stereocenters. The van der Waals surface area contributed by atoms with E-state index in [1.54, 1.807) is 0 Å². The Kier molecular flexibility index (Phi) is 5.29. The van der Waals surface area contributed by atoms with Gasteiger partial charge < -0.3 is 5.32 Å². The molecule has 7 heteroatoms. The minimum absolute atomic E-state index is 0.204. The molecule has 2 aromatic rings. The molecule has 0 bridgehead atoms. The Morgan fingerprint density at radius 2 is 1.86 bits per heavy atom. The maximum atomic E-state index is 12.0. The van der Waals surface area contributed by atoms with E-state index in [0.717, 1.165) is 34.0 Å². The standard InChI is InChI=1S/C21H22N4O3/c1-12(2)17-7-15(9-22-19(17)11-26)8-18-13(3)5-16(6-14(18)4)25-21(28)24-20(27)10-23-25/h5-7,9-10,12,22H,8H2,1-4H3,(H,24,27,28). The Balaban J connectivity index is 1.97. The van der Waals surface area contributed by atoms with Crippen molar-refractivity contribution in [3.05, 3.63) is 85.0 Å². The van der Waals surface area contributed by atoms with Gasteiger partial charge in [-0.15, -0.1) is 0 Å². The number of nitrogens with zero attached hydrogens (tertiary/aromatic N) is 2. The molecule has 0 amide bonds. The number of hydrogen-bond acceptors (Lipinski definition) is 5. The van der Waals surface area contributed by atoms with Gasteiger partial charge in [0.2, 0.25) is 0 Å². The van der Waals surface area contributed by atoms with E-state index in [9.17, 15) is 14.4 Å². The summed E-state index contributed by atoms with van der Waals surface area (Å²) in [6.45, 7) is 8.02. The largest absolute Gasteiger partial charge is 0.352 e. The first-order valence-electron chi connectivity index (χ1n) is 9.02. The van der Waals surface area contributed by atoms with Crippen LogP contribution >= 0.6 is 0 Å². The maximum absolute atomic E-state index is 12.0. The molecule has 28 heavy (non-hydrogen) atoms. The molecule has 0 saturated heterocycles. The molecule has 2 N–H and O–H groups in total. The first kappa shape index (κ1) is 19.3. The van der Waals surface area contributed by atoms with E-state index in [2.05, 4.69) is 15.4 Å². The molecule has 2 heterocycles. The van der Waals surface area contributed by atoms with Crippen molar-refractivity contribution in [1.29, 1.82) is 0 Å². The quantitative estimate of drug-likeness (QED) is 0.792. The molecule has 0 atom stereocenters. The number of rotatable bonds is 4. The number of aromatic amines is 1. The topological polar surface area (TPSA) is 96.8 Å². The third kappa shape index (κ3) is 3.80. The number of carbonyl (C=O) groups excluding carboxylic acids is 1. The molecule has 0 spiro atoms. The monoisotopic (exact) mass is 378 g/mol. The summed E-state index contributed by atoms with van der Waals surface area (Å²) < 4.78 is 1.17. The lowest BCUT2D eigenvalue weighted by Gasteiger charge is -2.20. The smallest absolute Gasteiger partial charge is 0.349 e. The summed E-state index contributed by atoms with van der Waals surface area (Å²) in [6.07, 6.45) is 5.62. The second kappa shape index (κ2) is 7.66. The number of benzene rings is 1. The second-order valence-corrected chi connectivity index (χ2v) is 7.18. The minimum Gasteiger partial charge on any atom is -0.352 e. The summed E-state index contributed by atoms with van der Waals surface area (Å²) in [7, 11) is 0. The fourth-order valence-electron chi connectivity index (χ4n) is 3.32. The molecule has 0 fully saturated rings. The predicted octanol–water partition coefficient (Wildman–Crippen LogP) is 1.87. The van der Waals surface area contributed by atoms with Crippen LogP contribution in [0.4, 0.5) is 0 Å². The van der Waals surface area contributed by atoms with E-state index >= 15 is 0 Å². The van der Waals surface area contributed by atoms with E-state index < -0.39 is 11.2 Å². The van der Waals surface area contributed by atoms with E-state index in [-0.39, 0.29) is 5.92 Å². The van der Waals surface area contributed by atoms with E-state index in [4.69, 9.17) is 0 Å². The third-order valence-electron chi connectivity index (χ3n) is 4.77. The Bertz CT molecular complexity index is 1140. The van der Waals surface area contributed by atoms with Gasteiger partial charge in [0.15, 0.2) is 5.94 Å². The normalized spacial score (nSPS) is 13.7. The SMILES string of the molecule is Cc1cc(-n2ncc(=O)[nH]c2=O)cc(C)c1CC1=CNC(=C=O)C(C(C)C)=C1. The van der Waals surface area contributed by atoms with E-state index in [1.165, 1.54) is 4.68 Å². The molecular formula is C21H22N4O3. The van der Waals surface area contributed by atoms with Crippen molar-refractivity contribution >= 4 is 5.94 Å². The zero-order valence-electron chi connectivity index (χ0n) is 16.3. The van der Waals surface area contributed by atoms with E-state index in [0.29, 0.717) is 17.8 Å². The number of aryl methyl sites for hydroxylation is 2. The van der Waals surface area contributed by atoms with Gasteiger partial charge in [0, 0.05) is 6.20 Å². The molecule has 1 aliphatic rings. The second-order valence-electron chi connectivity index (χ2n) is 7.18. The van der Waals surface area contributed by atoms with Crippen LogP contribution < -0.4 is 16.6 Å². The summed E-state index contributed by atoms with van der Waals surface area (Å²) in [4.78, 5) is 36.6. The molecule has 1 aromatic heterocycles. The number of H-pyrrole nitrogens is 1. The van der Waals surface area contributed by atoms with Crippen LogP contribution in [-0.2, 0) is 11.2 Å². The van der Waals surface area contributed by atoms with Crippen LogP contribution in [0.5, 0.6) is 0 Å². The Labute approximate surface area is 162 Å². The average Bonchev–Trinajstić information content (AvgIpc) is 2.64. The van der Waals surface area contributed by atoms with Crippen LogP contribution in [0.3, 0.4) is 0 Å². The van der Waals surface area contributed by atoms with Crippen LogP contribution in [0.2, 0.25) is 0 Å². The molecule has 0 radical (unpaired) electrons. The molecular weight excluding hydrogens is 356 g/mol. The zero-order valence-corrected chi connectivity index (χ0v) is 16.3. The number of allylic oxidation sites excluding steroid dienone is 3. The van der Waals surface area contributed by atoms with Gasteiger partial charge in [-0.05, 0) is 66.2 Å². The minimum atomic E-state index is -0.573. The van der Waals surface area contributed by atoms with Crippen molar-refractivity contribution in [3.63, 3.8) is 0 Å². The first-order chi connectivity index (χ1) is 13.3. The van der Waals surface area contributed by atoms with Crippen LogP contribution in [0, 0.1) is 19.8 Å². The van der Waals surface area contributed by atoms with Crippen molar-refractivity contribution in [2.75, 3.05) is 0 Å². The van der Waals surface area contributed by atoms with Crippen LogP contribution in [0.25, 0.3) is 5.69 Å². The van der Waals surface area contributed by atoms with Gasteiger partial charge in [-0.2, -0.15) is 9.78 Å². The molecule has 1 aromatic carbocycles. The fraction of sp³-hybridized carbons (Fsp3) is 0.286. The van der Waals surface area contributed by atoms with Crippen LogP contribution in [0.1, 0.15) is 30.5 Å². The van der Waals surface area contributed by atoms with Crippen molar-refractivity contribution in [1.82, 2.24) is 20.1 Å². The van der Waals surface area contributed by atoms with Crippen molar-refractivity contribution in [2.24, 2.45) is 5.92 Å². The van der Waals surface area contributed by atoms with Crippen LogP contribution in [0.15, 0.2) is 57.0 Å². The van der Waals surface area contributed by atoms with E-state index in [1.807, 2.05) is 58.0 Å². The number of hydrogen-bond donors (Lipinski definition) is 2. The Morgan fingerprint density at radius 3 is 2.43 bits per heavy atom. The number of aromatic nitrogens is 3. The van der Waals surface area contributed by atoms with Crippen molar-refractivity contribution in [2.45, 2.75) is 34.1 Å². The van der Waals surface area contributed by atoms with Gasteiger partial charge in [0.05, 0.1) is 5.69 Å². The molecule has 0 aliphatic carbocycles. The average molecular weight is 378 g/mol. The van der Waals surface area contributed by atoms with Gasteiger partial charge in [-0.1, -0.05) is 19.9 Å². The van der Waals surface area contributed by atoms with Gasteiger partial charge in [-0.25, -0.2) is 9.59 Å². The summed E-state index contributed by atoms with van der Waals surface area (Å²) in [5.74, 6) is 2.16. The lowest BCUT2D eigenvalue weighted by molar-refractivity contribution is 0.565. The predicted molar refractivity (Wildman–Crippen MR) is 107 cm³/mol. The molecule has 1 aliphatic heterocycles. The number of nitrogens with one attached hydrogen (secondary N) is 2. The van der Waals surface area contributed by atoms with Gasteiger partial charge in [0.1, 0.15) is 11.9 Å². The summed E-state index contributed by atoms with van der Waals surface area (Å²) in [5.41, 5.74) is 5.11. The van der Waals surface area contributed by atoms with Gasteiger partial charge in [-0.3, -0.25) is 9.78 Å². The Morgan fingerprint density at radius 1 is 1.18 bits per heavy atom. The van der Waals surface area contributed by atoms with Crippen LogP contribution in [-0.4, -0.2) is 20.7 Å². The Hall–Kier alpha value is -3.44. The lowest BCUT2D eigenvalue weighted by Crippen LogP contribution is -2.30. The lowest BCUT2D eigenvalue weighted by atomic mass is 9.90. The van der Waals surface area contributed by atoms with Crippen molar-refractivity contribution < 1.29 is 4.79 Å². The molecule has 3 rings (SSSR count). The highest BCUT2D eigenvalue weighted by molar-refractivity contribution is 5.63. The summed E-state index contributed by atoms with van der Waals surface area (Å²) >= 11 is 0. The molecule has 0 saturated carbocycles. The van der Waals surface area contributed by atoms with Crippen molar-refractivity contribution in [3.8, 4) is 5.69 Å². The zero-order chi connectivity index (χ0) is 20.4. The van der Waals surface area contributed by atoms with Gasteiger partial charge >= 0.3 is 5.69 Å². The highest BCUT2D eigenvalue weighted by Gasteiger charge is 2.17.